The second-order valence-electron chi connectivity index (χ2n) is 5.94. The lowest BCUT2D eigenvalue weighted by Crippen LogP contribution is -2.37. The van der Waals surface area contributed by atoms with Crippen molar-refractivity contribution in [2.75, 3.05) is 13.1 Å². The van der Waals surface area contributed by atoms with Crippen molar-refractivity contribution in [2.24, 2.45) is 10.9 Å². The van der Waals surface area contributed by atoms with Crippen LogP contribution >= 0.6 is 11.6 Å². The van der Waals surface area contributed by atoms with Crippen LogP contribution in [0.1, 0.15) is 22.3 Å². The van der Waals surface area contributed by atoms with E-state index in [1.165, 1.54) is 24.3 Å². The topological polar surface area (TPSA) is 41.5 Å². The minimum absolute atomic E-state index is 0.0641. The van der Waals surface area contributed by atoms with Gasteiger partial charge in [0.05, 0.1) is 6.42 Å². The largest absolute Gasteiger partial charge is 0.373 e. The number of hydrogen-bond acceptors (Lipinski definition) is 3. The lowest BCUT2D eigenvalue weighted by atomic mass is 9.97. The molecule has 1 unspecified atom stereocenters. The van der Waals surface area contributed by atoms with Crippen molar-refractivity contribution in [3.8, 4) is 0 Å². The smallest absolute Gasteiger partial charge is 0.170 e. The quantitative estimate of drug-likeness (QED) is 0.835. The number of aliphatic imine (C=N–C) groups is 1. The van der Waals surface area contributed by atoms with Gasteiger partial charge in [-0.15, -0.1) is 0 Å². The first kappa shape index (κ1) is 16.7. The zero-order valence-electron chi connectivity index (χ0n) is 13.1. The van der Waals surface area contributed by atoms with Gasteiger partial charge in [-0.05, 0) is 48.2 Å². The molecule has 24 heavy (non-hydrogen) atoms. The minimum Gasteiger partial charge on any atom is -0.373 e. The summed E-state index contributed by atoms with van der Waals surface area (Å²) in [5.41, 5.74) is 1.62. The molecular weight excluding hydrogens is 327 g/mol. The molecule has 1 aliphatic heterocycles. The number of benzene rings is 2. The van der Waals surface area contributed by atoms with E-state index in [0.29, 0.717) is 23.9 Å². The van der Waals surface area contributed by atoms with E-state index in [1.807, 2.05) is 24.3 Å². The Morgan fingerprint density at radius 2 is 1.96 bits per heavy atom. The Bertz CT molecular complexity index is 758. The van der Waals surface area contributed by atoms with Crippen LogP contribution in [0.2, 0.25) is 5.02 Å². The van der Waals surface area contributed by atoms with Gasteiger partial charge in [-0.2, -0.15) is 0 Å². The third-order valence-electron chi connectivity index (χ3n) is 4.10. The highest BCUT2D eigenvalue weighted by atomic mass is 35.5. The van der Waals surface area contributed by atoms with Gasteiger partial charge in [0.15, 0.2) is 5.78 Å². The van der Waals surface area contributed by atoms with Crippen LogP contribution < -0.4 is 5.32 Å². The molecule has 1 N–H and O–H groups in total. The van der Waals surface area contributed by atoms with Gasteiger partial charge in [0.2, 0.25) is 0 Å². The highest BCUT2D eigenvalue weighted by molar-refractivity contribution is 6.31. The lowest BCUT2D eigenvalue weighted by Gasteiger charge is -2.23. The molecule has 124 valence electrons. The number of Topliss-reactive ketones (excluding diaryl/α,β-unsaturated/α-hetero) is 1. The Kier molecular flexibility index (Phi) is 5.26. The maximum Gasteiger partial charge on any atom is 0.170 e. The van der Waals surface area contributed by atoms with Crippen LogP contribution in [0.4, 0.5) is 4.39 Å². The van der Waals surface area contributed by atoms with Gasteiger partial charge >= 0.3 is 0 Å². The predicted octanol–water partition coefficient (Wildman–Crippen LogP) is 3.91. The summed E-state index contributed by atoms with van der Waals surface area (Å²) in [6.45, 7) is 1.44. The van der Waals surface area contributed by atoms with E-state index in [9.17, 15) is 9.18 Å². The number of halogens is 2. The predicted molar refractivity (Wildman–Crippen MR) is 94.3 cm³/mol. The van der Waals surface area contributed by atoms with E-state index in [-0.39, 0.29) is 18.0 Å². The number of amidine groups is 1. The standard InChI is InChI=1S/C19H18ClFN2O/c20-17-4-2-1-3-15(17)9-13-11-22-19(23-12-13)10-18(24)14-5-7-16(21)8-6-14/h1-8,13H,9-12H2,(H,22,23). The zero-order valence-corrected chi connectivity index (χ0v) is 13.9. The Morgan fingerprint density at radius 3 is 2.62 bits per heavy atom. The minimum atomic E-state index is -0.345. The van der Waals surface area contributed by atoms with Crippen LogP contribution in [-0.4, -0.2) is 24.7 Å². The van der Waals surface area contributed by atoms with Crippen molar-refractivity contribution >= 4 is 23.2 Å². The SMILES string of the molecule is O=C(CC1=NCC(Cc2ccccc2Cl)CN1)c1ccc(F)cc1. The summed E-state index contributed by atoms with van der Waals surface area (Å²) in [6.07, 6.45) is 1.07. The molecule has 0 saturated carbocycles. The summed E-state index contributed by atoms with van der Waals surface area (Å²) in [6, 6.07) is 13.4. The number of carbonyl (C=O) groups excluding carboxylic acids is 1. The average molecular weight is 345 g/mol. The van der Waals surface area contributed by atoms with Crippen LogP contribution in [0.15, 0.2) is 53.5 Å². The van der Waals surface area contributed by atoms with Crippen molar-refractivity contribution < 1.29 is 9.18 Å². The third kappa shape index (κ3) is 4.20. The molecule has 1 atom stereocenters. The molecule has 2 aromatic rings. The highest BCUT2D eigenvalue weighted by Gasteiger charge is 2.18. The molecular formula is C19H18ClFN2O. The first-order valence-corrected chi connectivity index (χ1v) is 8.29. The zero-order chi connectivity index (χ0) is 16.9. The summed E-state index contributed by atoms with van der Waals surface area (Å²) in [4.78, 5) is 16.7. The molecule has 0 saturated heterocycles. The van der Waals surface area contributed by atoms with Crippen molar-refractivity contribution in [1.82, 2.24) is 5.32 Å². The summed E-state index contributed by atoms with van der Waals surface area (Å²) in [5, 5.41) is 4.01. The summed E-state index contributed by atoms with van der Waals surface area (Å²) < 4.78 is 12.9. The molecule has 0 aromatic heterocycles. The van der Waals surface area contributed by atoms with Gasteiger partial charge in [0.25, 0.3) is 0 Å². The fourth-order valence-electron chi connectivity index (χ4n) is 2.74. The first-order valence-electron chi connectivity index (χ1n) is 7.91. The van der Waals surface area contributed by atoms with Crippen molar-refractivity contribution in [3.63, 3.8) is 0 Å². The van der Waals surface area contributed by atoms with E-state index in [2.05, 4.69) is 10.3 Å². The van der Waals surface area contributed by atoms with Crippen molar-refractivity contribution in [2.45, 2.75) is 12.8 Å². The number of carbonyl (C=O) groups is 1. The first-order chi connectivity index (χ1) is 11.6. The molecule has 5 heteroatoms. The van der Waals surface area contributed by atoms with Gasteiger partial charge in [-0.1, -0.05) is 29.8 Å². The monoisotopic (exact) mass is 344 g/mol. The molecule has 0 spiro atoms. The van der Waals surface area contributed by atoms with Gasteiger partial charge in [0.1, 0.15) is 11.7 Å². The van der Waals surface area contributed by atoms with Gasteiger partial charge < -0.3 is 5.32 Å². The van der Waals surface area contributed by atoms with Crippen molar-refractivity contribution in [1.29, 1.82) is 0 Å². The van der Waals surface area contributed by atoms with Crippen LogP contribution in [0.25, 0.3) is 0 Å². The maximum atomic E-state index is 12.9. The molecule has 3 nitrogen and oxygen atoms in total. The molecule has 0 aliphatic carbocycles. The molecule has 1 heterocycles. The van der Waals surface area contributed by atoms with Gasteiger partial charge in [0, 0.05) is 23.7 Å². The Morgan fingerprint density at radius 1 is 1.21 bits per heavy atom. The van der Waals surface area contributed by atoms with Crippen LogP contribution in [0.5, 0.6) is 0 Å². The van der Waals surface area contributed by atoms with E-state index in [4.69, 9.17) is 11.6 Å². The molecule has 1 aliphatic rings. The summed E-state index contributed by atoms with van der Waals surface area (Å²) >= 11 is 6.19. The van der Waals surface area contributed by atoms with E-state index in [0.717, 1.165) is 23.6 Å². The number of hydrogen-bond donors (Lipinski definition) is 1. The van der Waals surface area contributed by atoms with Crippen LogP contribution in [0.3, 0.4) is 0 Å². The second-order valence-corrected chi connectivity index (χ2v) is 6.34. The molecule has 3 rings (SSSR count). The summed E-state index contributed by atoms with van der Waals surface area (Å²) in [5.74, 6) is 0.641. The fraction of sp³-hybridized carbons (Fsp3) is 0.263. The molecule has 0 radical (unpaired) electrons. The Balaban J connectivity index is 1.56. The molecule has 0 fully saturated rings. The van der Waals surface area contributed by atoms with Crippen LogP contribution in [0, 0.1) is 11.7 Å². The highest BCUT2D eigenvalue weighted by Crippen LogP contribution is 2.20. The maximum absolute atomic E-state index is 12.9. The number of nitrogens with zero attached hydrogens (tertiary/aromatic N) is 1. The number of ketones is 1. The lowest BCUT2D eigenvalue weighted by molar-refractivity contribution is 0.0999. The van der Waals surface area contributed by atoms with E-state index < -0.39 is 0 Å². The molecule has 0 bridgehead atoms. The Hall–Kier alpha value is -2.20. The number of nitrogens with one attached hydrogen (secondary N) is 1. The van der Waals surface area contributed by atoms with Crippen molar-refractivity contribution in [3.05, 3.63) is 70.5 Å². The fourth-order valence-corrected chi connectivity index (χ4v) is 2.95. The van der Waals surface area contributed by atoms with Crippen LogP contribution in [-0.2, 0) is 6.42 Å². The average Bonchev–Trinajstić information content (AvgIpc) is 2.59. The van der Waals surface area contributed by atoms with E-state index in [1.54, 1.807) is 0 Å². The second kappa shape index (κ2) is 7.58. The Labute approximate surface area is 145 Å². The molecule has 0 amide bonds. The van der Waals surface area contributed by atoms with Gasteiger partial charge in [-0.25, -0.2) is 4.39 Å². The normalized spacial score (nSPS) is 17.1. The van der Waals surface area contributed by atoms with Gasteiger partial charge in [-0.3, -0.25) is 9.79 Å². The number of rotatable bonds is 5. The summed E-state index contributed by atoms with van der Waals surface area (Å²) in [7, 11) is 0. The van der Waals surface area contributed by atoms with E-state index >= 15 is 0 Å². The molecule has 2 aromatic carbocycles. The third-order valence-corrected chi connectivity index (χ3v) is 4.46.